The molecule has 0 bridgehead atoms. The van der Waals surface area contributed by atoms with Crippen LogP contribution in [0.15, 0.2) is 42.6 Å². The minimum atomic E-state index is -0.338. The molecule has 6 heteroatoms. The smallest absolute Gasteiger partial charge is 0.341 e. The van der Waals surface area contributed by atoms with Gasteiger partial charge in [0.15, 0.2) is 5.78 Å². The van der Waals surface area contributed by atoms with Gasteiger partial charge in [-0.15, -0.1) is 0 Å². The van der Waals surface area contributed by atoms with E-state index in [1.807, 2.05) is 55.9 Å². The van der Waals surface area contributed by atoms with Gasteiger partial charge < -0.3 is 18.9 Å². The lowest BCUT2D eigenvalue weighted by Crippen LogP contribution is -2.31. The summed E-state index contributed by atoms with van der Waals surface area (Å²) >= 11 is 0. The summed E-state index contributed by atoms with van der Waals surface area (Å²) in [5, 5.41) is 0.828. The second-order valence-corrected chi connectivity index (χ2v) is 7.36. The molecule has 0 atom stereocenters. The van der Waals surface area contributed by atoms with Crippen LogP contribution >= 0.6 is 0 Å². The summed E-state index contributed by atoms with van der Waals surface area (Å²) in [5.74, 6) is -0.347. The average molecular weight is 381 g/mol. The van der Waals surface area contributed by atoms with Crippen molar-refractivity contribution in [2.75, 3.05) is 47.4 Å². The fourth-order valence-electron chi connectivity index (χ4n) is 3.21. The summed E-state index contributed by atoms with van der Waals surface area (Å²) in [6, 6.07) is 11.2. The van der Waals surface area contributed by atoms with Crippen LogP contribution < -0.4 is 0 Å². The van der Waals surface area contributed by atoms with E-state index in [1.54, 1.807) is 12.3 Å². The fraction of sp³-hybridized carbons (Fsp3) is 0.364. The van der Waals surface area contributed by atoms with Crippen LogP contribution in [0.4, 0.5) is 0 Å². The Labute approximate surface area is 165 Å². The van der Waals surface area contributed by atoms with Gasteiger partial charge in [-0.2, -0.15) is 0 Å². The van der Waals surface area contributed by atoms with Gasteiger partial charge >= 0.3 is 5.97 Å². The van der Waals surface area contributed by atoms with Crippen LogP contribution in [0.5, 0.6) is 0 Å². The number of Topliss-reactive ketones (excluding diaryl/α,β-unsaturated/α-hetero) is 1. The van der Waals surface area contributed by atoms with Crippen molar-refractivity contribution in [3.8, 4) is 0 Å². The van der Waals surface area contributed by atoms with Crippen molar-refractivity contribution in [1.29, 1.82) is 0 Å². The zero-order valence-corrected chi connectivity index (χ0v) is 16.9. The molecule has 0 unspecified atom stereocenters. The van der Waals surface area contributed by atoms with Crippen LogP contribution in [0.2, 0.25) is 0 Å². The molecule has 3 rings (SSSR count). The first-order valence-corrected chi connectivity index (χ1v) is 9.42. The maximum Gasteiger partial charge on any atom is 0.341 e. The van der Waals surface area contributed by atoms with Gasteiger partial charge in [0.05, 0.1) is 16.6 Å². The molecule has 0 spiro atoms. The molecule has 6 nitrogen and oxygen atoms in total. The van der Waals surface area contributed by atoms with Gasteiger partial charge in [-0.05, 0) is 46.3 Å². The van der Waals surface area contributed by atoms with E-state index in [1.165, 1.54) is 6.92 Å². The highest BCUT2D eigenvalue weighted by Crippen LogP contribution is 2.28. The molecule has 0 amide bonds. The maximum atomic E-state index is 12.9. The monoisotopic (exact) mass is 381 g/mol. The van der Waals surface area contributed by atoms with Gasteiger partial charge in [0.25, 0.3) is 0 Å². The number of nitrogens with zero attached hydrogens (tertiary/aromatic N) is 3. The number of hydrogen-bond donors (Lipinski definition) is 0. The minimum Gasteiger partial charge on any atom is -0.461 e. The first kappa shape index (κ1) is 20.0. The molecule has 0 aliphatic carbocycles. The number of pyridine rings is 1. The summed E-state index contributed by atoms with van der Waals surface area (Å²) in [5.41, 5.74) is 2.78. The van der Waals surface area contributed by atoms with Crippen LogP contribution in [-0.2, 0) is 4.74 Å². The topological polar surface area (TPSA) is 54.3 Å². The lowest BCUT2D eigenvalue weighted by molar-refractivity contribution is 0.0475. The van der Waals surface area contributed by atoms with Gasteiger partial charge in [0.2, 0.25) is 0 Å². The van der Waals surface area contributed by atoms with Gasteiger partial charge in [-0.3, -0.25) is 4.79 Å². The molecule has 28 heavy (non-hydrogen) atoms. The Kier molecular flexibility index (Phi) is 6.11. The minimum absolute atomic E-state index is 0.00966. The van der Waals surface area contributed by atoms with Crippen molar-refractivity contribution in [3.63, 3.8) is 0 Å². The van der Waals surface area contributed by atoms with Crippen molar-refractivity contribution < 1.29 is 14.3 Å². The zero-order valence-electron chi connectivity index (χ0n) is 16.9. The maximum absolute atomic E-state index is 12.9. The standard InChI is InChI=1S/C22H27N3O3/c1-16(26)17-9-10-20-21(18-7-5-6-8-19(18)25(20)15-17)22(27)28-14-13-24(4)12-11-23(2)3/h5-10,15H,11-14H2,1-4H3. The Bertz CT molecular complexity index is 1010. The fourth-order valence-corrected chi connectivity index (χ4v) is 3.21. The third-order valence-corrected chi connectivity index (χ3v) is 4.88. The molecule has 2 heterocycles. The Morgan fingerprint density at radius 1 is 0.964 bits per heavy atom. The number of benzene rings is 1. The number of ether oxygens (including phenoxy) is 1. The lowest BCUT2D eigenvalue weighted by Gasteiger charge is -2.19. The SMILES string of the molecule is CC(=O)c1ccc2c(C(=O)OCCN(C)CCN(C)C)c3ccccc3n2c1. The molecular weight excluding hydrogens is 354 g/mol. The summed E-state index contributed by atoms with van der Waals surface area (Å²) in [7, 11) is 6.09. The largest absolute Gasteiger partial charge is 0.461 e. The van der Waals surface area contributed by atoms with E-state index in [2.05, 4.69) is 9.80 Å². The van der Waals surface area contributed by atoms with E-state index in [0.29, 0.717) is 24.3 Å². The highest BCUT2D eigenvalue weighted by atomic mass is 16.5. The highest BCUT2D eigenvalue weighted by Gasteiger charge is 2.20. The van der Waals surface area contributed by atoms with E-state index < -0.39 is 0 Å². The Morgan fingerprint density at radius 2 is 1.71 bits per heavy atom. The molecule has 0 fully saturated rings. The highest BCUT2D eigenvalue weighted by molar-refractivity contribution is 6.12. The normalized spacial score (nSPS) is 11.6. The van der Waals surface area contributed by atoms with Gasteiger partial charge in [0.1, 0.15) is 6.61 Å². The summed E-state index contributed by atoms with van der Waals surface area (Å²) in [6.07, 6.45) is 1.78. The summed E-state index contributed by atoms with van der Waals surface area (Å²) < 4.78 is 7.48. The third-order valence-electron chi connectivity index (χ3n) is 4.88. The van der Waals surface area contributed by atoms with Gasteiger partial charge in [0, 0.05) is 36.8 Å². The third kappa shape index (κ3) is 4.24. The van der Waals surface area contributed by atoms with Crippen LogP contribution in [0.3, 0.4) is 0 Å². The van der Waals surface area contributed by atoms with Gasteiger partial charge in [-0.1, -0.05) is 18.2 Å². The van der Waals surface area contributed by atoms with Crippen molar-refractivity contribution in [2.24, 2.45) is 0 Å². The Morgan fingerprint density at radius 3 is 2.43 bits per heavy atom. The number of carbonyl (C=O) groups is 2. The molecule has 0 N–H and O–H groups in total. The van der Waals surface area contributed by atoms with E-state index in [0.717, 1.165) is 29.5 Å². The van der Waals surface area contributed by atoms with Crippen molar-refractivity contribution in [3.05, 3.63) is 53.7 Å². The number of hydrogen-bond acceptors (Lipinski definition) is 5. The van der Waals surface area contributed by atoms with E-state index in [4.69, 9.17) is 4.74 Å². The van der Waals surface area contributed by atoms with E-state index in [9.17, 15) is 9.59 Å². The molecule has 0 aliphatic heterocycles. The number of rotatable bonds is 8. The molecule has 0 saturated heterocycles. The van der Waals surface area contributed by atoms with Crippen molar-refractivity contribution in [1.82, 2.24) is 14.2 Å². The first-order chi connectivity index (χ1) is 13.4. The first-order valence-electron chi connectivity index (χ1n) is 9.42. The van der Waals surface area contributed by atoms with E-state index >= 15 is 0 Å². The van der Waals surface area contributed by atoms with Crippen LogP contribution in [0.25, 0.3) is 16.4 Å². The van der Waals surface area contributed by atoms with Crippen LogP contribution in [0, 0.1) is 0 Å². The number of ketones is 1. The molecular formula is C22H27N3O3. The summed E-state index contributed by atoms with van der Waals surface area (Å²) in [6.45, 7) is 4.42. The van der Waals surface area contributed by atoms with Crippen LogP contribution in [0.1, 0.15) is 27.6 Å². The molecule has 3 aromatic rings. The number of esters is 1. The molecule has 1 aromatic carbocycles. The summed E-state index contributed by atoms with van der Waals surface area (Å²) in [4.78, 5) is 28.9. The number of para-hydroxylation sites is 1. The predicted molar refractivity (Wildman–Crippen MR) is 111 cm³/mol. The predicted octanol–water partition coefficient (Wildman–Crippen LogP) is 2.95. The van der Waals surface area contributed by atoms with E-state index in [-0.39, 0.29) is 11.8 Å². The molecule has 0 radical (unpaired) electrons. The Balaban J connectivity index is 1.83. The second kappa shape index (κ2) is 8.54. The average Bonchev–Trinajstić information content (AvgIpc) is 3.00. The zero-order chi connectivity index (χ0) is 20.3. The lowest BCUT2D eigenvalue weighted by atomic mass is 10.1. The second-order valence-electron chi connectivity index (χ2n) is 7.36. The number of aromatic nitrogens is 1. The molecule has 0 saturated carbocycles. The van der Waals surface area contributed by atoms with Crippen molar-refractivity contribution in [2.45, 2.75) is 6.92 Å². The molecule has 0 aliphatic rings. The molecule has 148 valence electrons. The number of carbonyl (C=O) groups excluding carboxylic acids is 2. The quantitative estimate of drug-likeness (QED) is 0.444. The number of fused-ring (bicyclic) bond motifs is 3. The number of likely N-dealkylation sites (N-methyl/N-ethyl adjacent to an activating group) is 2. The van der Waals surface area contributed by atoms with Crippen molar-refractivity contribution >= 4 is 28.2 Å². The van der Waals surface area contributed by atoms with Crippen LogP contribution in [-0.4, -0.2) is 73.3 Å². The van der Waals surface area contributed by atoms with Gasteiger partial charge in [-0.25, -0.2) is 4.79 Å². The Hall–Kier alpha value is -2.70. The molecule has 2 aromatic heterocycles.